The molecule has 0 amide bonds. The van der Waals surface area contributed by atoms with Crippen LogP contribution in [-0.2, 0) is 6.42 Å². The number of hydrogen-bond acceptors (Lipinski definition) is 2. The van der Waals surface area contributed by atoms with Gasteiger partial charge in [0.2, 0.25) is 0 Å². The summed E-state index contributed by atoms with van der Waals surface area (Å²) in [5, 5.41) is 17.9. The Hall–Kier alpha value is -1.33. The molecule has 0 aliphatic heterocycles. The first-order valence-electron chi connectivity index (χ1n) is 4.70. The lowest BCUT2D eigenvalue weighted by atomic mass is 9.92. The lowest BCUT2D eigenvalue weighted by Gasteiger charge is -2.14. The van der Waals surface area contributed by atoms with Crippen LogP contribution in [0, 0.1) is 18.3 Å². The van der Waals surface area contributed by atoms with E-state index in [1.54, 1.807) is 6.07 Å². The molecule has 1 rings (SSSR count). The Morgan fingerprint density at radius 1 is 1.57 bits per heavy atom. The number of nitrogens with zero attached hydrogens (tertiary/aromatic N) is 1. The van der Waals surface area contributed by atoms with E-state index in [2.05, 4.69) is 13.0 Å². The molecule has 0 heterocycles. The molecule has 1 unspecified atom stereocenters. The van der Waals surface area contributed by atoms with Gasteiger partial charge in [-0.1, -0.05) is 19.1 Å². The summed E-state index contributed by atoms with van der Waals surface area (Å²) < 4.78 is 0. The van der Waals surface area contributed by atoms with Gasteiger partial charge in [0, 0.05) is 12.5 Å². The maximum absolute atomic E-state index is 9.03. The van der Waals surface area contributed by atoms with Crippen molar-refractivity contribution in [3.05, 3.63) is 41.8 Å². The monoisotopic (exact) mass is 188 g/mol. The highest BCUT2D eigenvalue weighted by atomic mass is 16.3. The van der Waals surface area contributed by atoms with E-state index in [9.17, 15) is 0 Å². The van der Waals surface area contributed by atoms with Crippen molar-refractivity contribution in [2.24, 2.45) is 0 Å². The molecule has 0 saturated heterocycles. The maximum atomic E-state index is 9.03. The van der Waals surface area contributed by atoms with Gasteiger partial charge in [0.25, 0.3) is 0 Å². The van der Waals surface area contributed by atoms with Gasteiger partial charge in [0.05, 0.1) is 11.6 Å². The van der Waals surface area contributed by atoms with Gasteiger partial charge < -0.3 is 5.11 Å². The fourth-order valence-electron chi connectivity index (χ4n) is 1.58. The Morgan fingerprint density at radius 2 is 2.29 bits per heavy atom. The fraction of sp³-hybridized carbons (Fsp3) is 0.333. The van der Waals surface area contributed by atoms with Crippen LogP contribution in [0.5, 0.6) is 0 Å². The Kier molecular flexibility index (Phi) is 3.67. The van der Waals surface area contributed by atoms with Gasteiger partial charge in [0.1, 0.15) is 0 Å². The first-order chi connectivity index (χ1) is 6.74. The Morgan fingerprint density at radius 3 is 2.79 bits per heavy atom. The van der Waals surface area contributed by atoms with Crippen LogP contribution in [0.25, 0.3) is 0 Å². The number of benzene rings is 1. The van der Waals surface area contributed by atoms with E-state index in [1.807, 2.05) is 19.1 Å². The van der Waals surface area contributed by atoms with Crippen LogP contribution < -0.4 is 0 Å². The van der Waals surface area contributed by atoms with E-state index >= 15 is 0 Å². The van der Waals surface area contributed by atoms with Gasteiger partial charge in [0.15, 0.2) is 0 Å². The number of hydrogen-bond donors (Lipinski definition) is 1. The smallest absolute Gasteiger partial charge is 0.0994 e. The van der Waals surface area contributed by atoms with Crippen LogP contribution in [0.15, 0.2) is 18.2 Å². The van der Waals surface area contributed by atoms with Crippen molar-refractivity contribution in [3.63, 3.8) is 0 Å². The molecule has 0 fully saturated rings. The summed E-state index contributed by atoms with van der Waals surface area (Å²) in [6.45, 7) is 5.87. The summed E-state index contributed by atoms with van der Waals surface area (Å²) in [7, 11) is 0. The number of nitriles is 1. The Labute approximate surface area is 84.8 Å². The van der Waals surface area contributed by atoms with Crippen LogP contribution in [-0.4, -0.2) is 11.7 Å². The lowest BCUT2D eigenvalue weighted by Crippen LogP contribution is -2.04. The highest BCUT2D eigenvalue weighted by molar-refractivity contribution is 5.44. The second-order valence-electron chi connectivity index (χ2n) is 3.22. The molecule has 14 heavy (non-hydrogen) atoms. The molecular weight excluding hydrogens is 174 g/mol. The maximum Gasteiger partial charge on any atom is 0.0994 e. The predicted molar refractivity (Wildman–Crippen MR) is 55.7 cm³/mol. The summed E-state index contributed by atoms with van der Waals surface area (Å²) in [4.78, 5) is 0. The van der Waals surface area contributed by atoms with Gasteiger partial charge >= 0.3 is 0 Å². The minimum Gasteiger partial charge on any atom is -0.396 e. The van der Waals surface area contributed by atoms with E-state index in [0.717, 1.165) is 17.5 Å². The lowest BCUT2D eigenvalue weighted by molar-refractivity contribution is 0.282. The zero-order valence-corrected chi connectivity index (χ0v) is 8.33. The average Bonchev–Trinajstić information content (AvgIpc) is 2.26. The zero-order chi connectivity index (χ0) is 10.6. The molecule has 1 N–H and O–H groups in total. The van der Waals surface area contributed by atoms with Gasteiger partial charge in [-0.2, -0.15) is 5.26 Å². The first kappa shape index (κ1) is 10.7. The van der Waals surface area contributed by atoms with Crippen LogP contribution in [0.1, 0.15) is 29.5 Å². The van der Waals surface area contributed by atoms with Crippen molar-refractivity contribution >= 4 is 0 Å². The van der Waals surface area contributed by atoms with Gasteiger partial charge in [-0.15, -0.1) is 0 Å². The predicted octanol–water partition coefficient (Wildman–Crippen LogP) is 2.03. The standard InChI is InChI=1S/C12H14NO/c1-3-11-10(7-13)5-4-6-12(11)9(2)8-14/h4-6,9,14H,2-3,8H2,1H3. The summed E-state index contributed by atoms with van der Waals surface area (Å²) in [6, 6.07) is 7.71. The largest absolute Gasteiger partial charge is 0.396 e. The molecule has 0 aliphatic rings. The first-order valence-corrected chi connectivity index (χ1v) is 4.70. The number of aliphatic hydroxyl groups is 1. The Balaban J connectivity index is 3.23. The van der Waals surface area contributed by atoms with Crippen molar-refractivity contribution in [2.45, 2.75) is 19.3 Å². The van der Waals surface area contributed by atoms with Crippen LogP contribution >= 0.6 is 0 Å². The van der Waals surface area contributed by atoms with E-state index in [-0.39, 0.29) is 12.5 Å². The van der Waals surface area contributed by atoms with Gasteiger partial charge in [-0.25, -0.2) is 0 Å². The van der Waals surface area contributed by atoms with Gasteiger partial charge in [-0.3, -0.25) is 0 Å². The van der Waals surface area contributed by atoms with Crippen LogP contribution in [0.2, 0.25) is 0 Å². The van der Waals surface area contributed by atoms with Crippen molar-refractivity contribution in [1.82, 2.24) is 0 Å². The molecule has 1 aromatic carbocycles. The third-order valence-electron chi connectivity index (χ3n) is 2.35. The SMILES string of the molecule is [CH2]C(CO)c1cccc(C#N)c1CC. The molecule has 73 valence electrons. The second kappa shape index (κ2) is 4.78. The summed E-state index contributed by atoms with van der Waals surface area (Å²) in [5.41, 5.74) is 2.67. The van der Waals surface area contributed by atoms with E-state index in [1.165, 1.54) is 0 Å². The fourth-order valence-corrected chi connectivity index (χ4v) is 1.58. The topological polar surface area (TPSA) is 44.0 Å². The minimum absolute atomic E-state index is 0.0158. The third-order valence-corrected chi connectivity index (χ3v) is 2.35. The normalized spacial score (nSPS) is 12.1. The molecule has 1 radical (unpaired) electrons. The summed E-state index contributed by atoms with van der Waals surface area (Å²) in [6.07, 6.45) is 0.797. The molecule has 0 aromatic heterocycles. The third kappa shape index (κ3) is 1.94. The number of aliphatic hydroxyl groups excluding tert-OH is 1. The van der Waals surface area contributed by atoms with Crippen LogP contribution in [0.3, 0.4) is 0 Å². The molecule has 1 aromatic rings. The molecule has 2 heteroatoms. The highest BCUT2D eigenvalue weighted by Gasteiger charge is 2.11. The minimum atomic E-state index is -0.141. The molecule has 0 bridgehead atoms. The summed E-state index contributed by atoms with van der Waals surface area (Å²) in [5.74, 6) is -0.141. The molecule has 1 atom stereocenters. The van der Waals surface area contributed by atoms with Crippen molar-refractivity contribution < 1.29 is 5.11 Å². The van der Waals surface area contributed by atoms with E-state index < -0.39 is 0 Å². The molecular formula is C12H14NO. The van der Waals surface area contributed by atoms with E-state index in [0.29, 0.717) is 5.56 Å². The average molecular weight is 188 g/mol. The second-order valence-corrected chi connectivity index (χ2v) is 3.22. The molecule has 0 spiro atoms. The van der Waals surface area contributed by atoms with Crippen LogP contribution in [0.4, 0.5) is 0 Å². The zero-order valence-electron chi connectivity index (χ0n) is 8.33. The molecule has 0 aliphatic carbocycles. The summed E-state index contributed by atoms with van der Waals surface area (Å²) >= 11 is 0. The highest BCUT2D eigenvalue weighted by Crippen LogP contribution is 2.22. The Bertz CT molecular complexity index is 352. The van der Waals surface area contributed by atoms with Crippen molar-refractivity contribution in [1.29, 1.82) is 5.26 Å². The number of rotatable bonds is 3. The van der Waals surface area contributed by atoms with E-state index in [4.69, 9.17) is 10.4 Å². The molecule has 2 nitrogen and oxygen atoms in total. The van der Waals surface area contributed by atoms with Gasteiger partial charge in [-0.05, 0) is 30.5 Å². The quantitative estimate of drug-likeness (QED) is 0.788. The molecule has 0 saturated carbocycles. The van der Waals surface area contributed by atoms with Crippen molar-refractivity contribution in [3.8, 4) is 6.07 Å². The van der Waals surface area contributed by atoms with Crippen molar-refractivity contribution in [2.75, 3.05) is 6.61 Å².